The Morgan fingerprint density at radius 3 is 1.77 bits per heavy atom. The number of para-hydroxylation sites is 4. The van der Waals surface area contributed by atoms with Gasteiger partial charge in [-0.25, -0.2) is 0 Å². The SMILES string of the molecule is C/C=C(/c1ccc2c(c1)c1ccccc1n2-c1ccccc1)c1c(CS)n(-c2ccccc2)c2ccccc12. The van der Waals surface area contributed by atoms with Gasteiger partial charge < -0.3 is 9.13 Å². The summed E-state index contributed by atoms with van der Waals surface area (Å²) in [7, 11) is 0. The van der Waals surface area contributed by atoms with Gasteiger partial charge >= 0.3 is 0 Å². The van der Waals surface area contributed by atoms with Crippen LogP contribution < -0.4 is 0 Å². The minimum Gasteiger partial charge on any atom is -0.312 e. The van der Waals surface area contributed by atoms with Gasteiger partial charge in [0.15, 0.2) is 0 Å². The van der Waals surface area contributed by atoms with E-state index in [4.69, 9.17) is 12.6 Å². The van der Waals surface area contributed by atoms with Crippen LogP contribution in [0.5, 0.6) is 0 Å². The summed E-state index contributed by atoms with van der Waals surface area (Å²) in [6.45, 7) is 2.14. The normalized spacial score (nSPS) is 12.1. The molecule has 7 rings (SSSR count). The van der Waals surface area contributed by atoms with Crippen LogP contribution in [0.4, 0.5) is 0 Å². The molecule has 0 spiro atoms. The minimum absolute atomic E-state index is 0.631. The van der Waals surface area contributed by atoms with Gasteiger partial charge in [0.1, 0.15) is 0 Å². The Hall–Kier alpha value is -4.47. The van der Waals surface area contributed by atoms with Crippen LogP contribution in [-0.4, -0.2) is 9.13 Å². The molecule has 0 N–H and O–H groups in total. The average molecular weight is 521 g/mol. The fourth-order valence-corrected chi connectivity index (χ4v) is 6.37. The molecule has 0 bridgehead atoms. The van der Waals surface area contributed by atoms with E-state index in [0.717, 1.165) is 5.69 Å². The lowest BCUT2D eigenvalue weighted by Gasteiger charge is -2.13. The predicted molar refractivity (Wildman–Crippen MR) is 169 cm³/mol. The Morgan fingerprint density at radius 1 is 0.590 bits per heavy atom. The number of nitrogens with zero attached hydrogens (tertiary/aromatic N) is 2. The van der Waals surface area contributed by atoms with Gasteiger partial charge in [-0.15, -0.1) is 0 Å². The predicted octanol–water partition coefficient (Wildman–Crippen LogP) is 9.61. The summed E-state index contributed by atoms with van der Waals surface area (Å²) in [5.41, 5.74) is 10.8. The summed E-state index contributed by atoms with van der Waals surface area (Å²) in [4.78, 5) is 0. The van der Waals surface area contributed by atoms with Gasteiger partial charge in [-0.1, -0.05) is 84.9 Å². The van der Waals surface area contributed by atoms with Gasteiger partial charge in [-0.2, -0.15) is 12.6 Å². The van der Waals surface area contributed by atoms with Crippen molar-refractivity contribution in [2.45, 2.75) is 12.7 Å². The lowest BCUT2D eigenvalue weighted by molar-refractivity contribution is 1.04. The van der Waals surface area contributed by atoms with Crippen molar-refractivity contribution in [3.63, 3.8) is 0 Å². The number of hydrogen-bond acceptors (Lipinski definition) is 1. The third kappa shape index (κ3) is 3.73. The zero-order valence-electron chi connectivity index (χ0n) is 21.8. The maximum atomic E-state index is 4.86. The van der Waals surface area contributed by atoms with E-state index in [1.54, 1.807) is 0 Å². The molecule has 39 heavy (non-hydrogen) atoms. The highest BCUT2D eigenvalue weighted by molar-refractivity contribution is 7.79. The van der Waals surface area contributed by atoms with Crippen molar-refractivity contribution in [3.05, 3.63) is 150 Å². The van der Waals surface area contributed by atoms with E-state index in [9.17, 15) is 0 Å². The molecule has 5 aromatic carbocycles. The molecule has 0 amide bonds. The number of fused-ring (bicyclic) bond motifs is 4. The molecule has 3 heteroatoms. The van der Waals surface area contributed by atoms with Crippen LogP contribution in [0.3, 0.4) is 0 Å². The van der Waals surface area contributed by atoms with E-state index in [0.29, 0.717) is 5.75 Å². The molecule has 0 saturated heterocycles. The molecule has 0 fully saturated rings. The molecule has 0 radical (unpaired) electrons. The molecule has 0 aliphatic heterocycles. The van der Waals surface area contributed by atoms with Crippen LogP contribution in [0.2, 0.25) is 0 Å². The van der Waals surface area contributed by atoms with Crippen LogP contribution in [0.25, 0.3) is 49.7 Å². The Labute approximate surface area is 233 Å². The Morgan fingerprint density at radius 2 is 1.13 bits per heavy atom. The van der Waals surface area contributed by atoms with Crippen molar-refractivity contribution < 1.29 is 0 Å². The van der Waals surface area contributed by atoms with Gasteiger partial charge in [0.25, 0.3) is 0 Å². The highest BCUT2D eigenvalue weighted by Gasteiger charge is 2.21. The van der Waals surface area contributed by atoms with E-state index >= 15 is 0 Å². The first kappa shape index (κ1) is 23.6. The van der Waals surface area contributed by atoms with Crippen molar-refractivity contribution in [2.24, 2.45) is 0 Å². The lowest BCUT2D eigenvalue weighted by atomic mass is 9.94. The largest absolute Gasteiger partial charge is 0.312 e. The van der Waals surface area contributed by atoms with Crippen molar-refractivity contribution in [2.75, 3.05) is 0 Å². The van der Waals surface area contributed by atoms with Crippen LogP contribution >= 0.6 is 12.6 Å². The third-order valence-corrected chi connectivity index (χ3v) is 7.99. The Balaban J connectivity index is 1.49. The first-order valence-electron chi connectivity index (χ1n) is 13.3. The van der Waals surface area contributed by atoms with Crippen LogP contribution in [0, 0.1) is 0 Å². The number of benzene rings is 5. The van der Waals surface area contributed by atoms with Gasteiger partial charge in [-0.3, -0.25) is 0 Å². The number of rotatable bonds is 5. The summed E-state index contributed by atoms with van der Waals surface area (Å²) in [5, 5.41) is 3.76. The number of hydrogen-bond donors (Lipinski definition) is 1. The van der Waals surface area contributed by atoms with Crippen molar-refractivity contribution in [3.8, 4) is 11.4 Å². The van der Waals surface area contributed by atoms with Crippen LogP contribution in [0.15, 0.2) is 133 Å². The molecule has 0 aliphatic rings. The van der Waals surface area contributed by atoms with E-state index in [1.165, 1.54) is 60.8 Å². The summed E-state index contributed by atoms with van der Waals surface area (Å²) in [6, 6.07) is 45.5. The molecule has 0 unspecified atom stereocenters. The second-order valence-electron chi connectivity index (χ2n) is 9.79. The molecule has 2 aromatic heterocycles. The first-order chi connectivity index (χ1) is 19.3. The number of allylic oxidation sites excluding steroid dienone is 1. The smallest absolute Gasteiger partial charge is 0.0541 e. The maximum absolute atomic E-state index is 4.86. The second-order valence-corrected chi connectivity index (χ2v) is 10.1. The zero-order chi connectivity index (χ0) is 26.3. The standard InChI is InChI=1S/C36H28N2S/c1-2-28(36-30-18-10-12-20-33(30)38(35(36)24-39)27-15-7-4-8-16-27)25-21-22-34-31(23-25)29-17-9-11-19-32(29)37(34)26-13-5-3-6-14-26/h2-23,39H,24H2,1H3/b28-2-. The summed E-state index contributed by atoms with van der Waals surface area (Å²) >= 11 is 4.86. The number of aromatic nitrogens is 2. The molecule has 2 nitrogen and oxygen atoms in total. The topological polar surface area (TPSA) is 9.86 Å². The van der Waals surface area contributed by atoms with E-state index in [-0.39, 0.29) is 0 Å². The monoisotopic (exact) mass is 520 g/mol. The molecular weight excluding hydrogens is 492 g/mol. The Kier molecular flexibility index (Phi) is 5.87. The Bertz CT molecular complexity index is 1990. The molecule has 0 aliphatic carbocycles. The fraction of sp³-hybridized carbons (Fsp3) is 0.0556. The zero-order valence-corrected chi connectivity index (χ0v) is 22.6. The van der Waals surface area contributed by atoms with Gasteiger partial charge in [-0.05, 0) is 66.6 Å². The molecular formula is C36H28N2S. The van der Waals surface area contributed by atoms with E-state index < -0.39 is 0 Å². The molecule has 2 heterocycles. The average Bonchev–Trinajstić information content (AvgIpc) is 3.51. The van der Waals surface area contributed by atoms with Gasteiger partial charge in [0.2, 0.25) is 0 Å². The van der Waals surface area contributed by atoms with E-state index in [2.05, 4.69) is 150 Å². The van der Waals surface area contributed by atoms with Crippen LogP contribution in [0.1, 0.15) is 23.7 Å². The van der Waals surface area contributed by atoms with Crippen LogP contribution in [-0.2, 0) is 5.75 Å². The summed E-state index contributed by atoms with van der Waals surface area (Å²) in [6.07, 6.45) is 2.25. The highest BCUT2D eigenvalue weighted by atomic mass is 32.1. The maximum Gasteiger partial charge on any atom is 0.0541 e. The second kappa shape index (κ2) is 9.68. The third-order valence-electron chi connectivity index (χ3n) is 7.69. The fourth-order valence-electron chi connectivity index (χ4n) is 6.07. The van der Waals surface area contributed by atoms with Crippen molar-refractivity contribution >= 4 is 50.9 Å². The molecule has 7 aromatic rings. The number of thiol groups is 1. The van der Waals surface area contributed by atoms with Gasteiger partial charge in [0.05, 0.1) is 16.6 Å². The lowest BCUT2D eigenvalue weighted by Crippen LogP contribution is -2.00. The molecule has 0 atom stereocenters. The van der Waals surface area contributed by atoms with Crippen molar-refractivity contribution in [1.29, 1.82) is 0 Å². The quantitative estimate of drug-likeness (QED) is 0.217. The first-order valence-corrected chi connectivity index (χ1v) is 14.0. The molecule has 188 valence electrons. The van der Waals surface area contributed by atoms with Crippen molar-refractivity contribution in [1.82, 2.24) is 9.13 Å². The molecule has 0 saturated carbocycles. The summed E-state index contributed by atoms with van der Waals surface area (Å²) < 4.78 is 4.73. The summed E-state index contributed by atoms with van der Waals surface area (Å²) in [5.74, 6) is 0.631. The highest BCUT2D eigenvalue weighted by Crippen LogP contribution is 2.40. The minimum atomic E-state index is 0.631. The van der Waals surface area contributed by atoms with E-state index in [1.807, 2.05) is 0 Å². The van der Waals surface area contributed by atoms with Gasteiger partial charge in [0, 0.05) is 44.5 Å².